The number of aryl methyl sites for hydroxylation is 1. The third-order valence-corrected chi connectivity index (χ3v) is 4.18. The van der Waals surface area contributed by atoms with E-state index in [1.54, 1.807) is 13.1 Å². The zero-order valence-electron chi connectivity index (χ0n) is 11.6. The minimum atomic E-state index is -2.62. The van der Waals surface area contributed by atoms with Gasteiger partial charge >= 0.3 is 0 Å². The highest BCUT2D eigenvalue weighted by Gasteiger charge is 2.38. The number of nitrogens with one attached hydrogen (secondary N) is 1. The highest BCUT2D eigenvalue weighted by molar-refractivity contribution is 5.28. The molecule has 0 aliphatic heterocycles. The molecule has 5 heteroatoms. The second-order valence-electron chi connectivity index (χ2n) is 5.56. The summed E-state index contributed by atoms with van der Waals surface area (Å²) in [5.41, 5.74) is 0.474. The second-order valence-corrected chi connectivity index (χ2v) is 5.56. The van der Waals surface area contributed by atoms with Crippen molar-refractivity contribution < 1.29 is 17.6 Å². The van der Waals surface area contributed by atoms with Crippen molar-refractivity contribution in [1.29, 1.82) is 0 Å². The van der Waals surface area contributed by atoms with Crippen molar-refractivity contribution >= 4 is 0 Å². The molecule has 1 aromatic rings. The van der Waals surface area contributed by atoms with Gasteiger partial charge in [0.25, 0.3) is 0 Å². The van der Waals surface area contributed by atoms with E-state index < -0.39 is 23.6 Å². The predicted octanol–water partition coefficient (Wildman–Crippen LogP) is 4.36. The third-order valence-electron chi connectivity index (χ3n) is 4.18. The maximum atomic E-state index is 14.0. The van der Waals surface area contributed by atoms with Gasteiger partial charge in [-0.25, -0.2) is 17.6 Å². The molecule has 1 fully saturated rings. The van der Waals surface area contributed by atoms with E-state index in [2.05, 4.69) is 5.32 Å². The Hall–Kier alpha value is -1.10. The summed E-state index contributed by atoms with van der Waals surface area (Å²) in [5, 5.41) is 2.95. The Morgan fingerprint density at radius 3 is 2.30 bits per heavy atom. The summed E-state index contributed by atoms with van der Waals surface area (Å²) >= 11 is 0. The smallest absolute Gasteiger partial charge is 0.248 e. The fraction of sp³-hybridized carbons (Fsp3) is 0.600. The molecule has 1 aliphatic rings. The number of alkyl halides is 2. The van der Waals surface area contributed by atoms with Crippen LogP contribution in [0.4, 0.5) is 17.6 Å². The Kier molecular flexibility index (Phi) is 4.37. The first-order valence-corrected chi connectivity index (χ1v) is 6.85. The van der Waals surface area contributed by atoms with Gasteiger partial charge in [0.05, 0.1) is 0 Å². The number of halogens is 4. The van der Waals surface area contributed by atoms with Crippen molar-refractivity contribution in [3.05, 3.63) is 34.9 Å². The lowest BCUT2D eigenvalue weighted by atomic mass is 9.79. The van der Waals surface area contributed by atoms with Crippen molar-refractivity contribution in [2.45, 2.75) is 44.6 Å². The van der Waals surface area contributed by atoms with Crippen LogP contribution >= 0.6 is 0 Å². The SMILES string of the molecule is CNC(c1ccc(C)c(F)c1F)C1CCC(F)(F)CC1. The molecule has 1 nitrogen and oxygen atoms in total. The minimum absolute atomic E-state index is 0.101. The lowest BCUT2D eigenvalue weighted by molar-refractivity contribution is -0.0496. The van der Waals surface area contributed by atoms with Gasteiger partial charge in [-0.15, -0.1) is 0 Å². The normalized spacial score (nSPS) is 20.9. The van der Waals surface area contributed by atoms with Gasteiger partial charge in [0, 0.05) is 24.4 Å². The number of rotatable bonds is 3. The van der Waals surface area contributed by atoms with E-state index in [4.69, 9.17) is 0 Å². The molecule has 20 heavy (non-hydrogen) atoms. The van der Waals surface area contributed by atoms with Crippen molar-refractivity contribution in [2.24, 2.45) is 5.92 Å². The molecule has 0 radical (unpaired) electrons. The van der Waals surface area contributed by atoms with E-state index >= 15 is 0 Å². The maximum absolute atomic E-state index is 14.0. The van der Waals surface area contributed by atoms with Crippen molar-refractivity contribution in [3.8, 4) is 0 Å². The molecular weight excluding hydrogens is 270 g/mol. The highest BCUT2D eigenvalue weighted by Crippen LogP contribution is 2.41. The molecule has 0 spiro atoms. The van der Waals surface area contributed by atoms with Crippen LogP contribution in [0.2, 0.25) is 0 Å². The monoisotopic (exact) mass is 289 g/mol. The molecule has 112 valence electrons. The molecule has 0 amide bonds. The Balaban J connectivity index is 2.23. The molecule has 1 saturated carbocycles. The molecule has 1 N–H and O–H groups in total. The van der Waals surface area contributed by atoms with E-state index in [0.29, 0.717) is 12.8 Å². The summed E-state index contributed by atoms with van der Waals surface area (Å²) in [5.74, 6) is -4.45. The van der Waals surface area contributed by atoms with Crippen LogP contribution in [0, 0.1) is 24.5 Å². The van der Waals surface area contributed by atoms with Gasteiger partial charge in [0.2, 0.25) is 5.92 Å². The van der Waals surface area contributed by atoms with Crippen LogP contribution < -0.4 is 5.32 Å². The second kappa shape index (κ2) is 5.72. The van der Waals surface area contributed by atoms with Crippen LogP contribution in [0.5, 0.6) is 0 Å². The van der Waals surface area contributed by atoms with Gasteiger partial charge in [-0.2, -0.15) is 0 Å². The molecule has 0 bridgehead atoms. The fourth-order valence-corrected chi connectivity index (χ4v) is 2.94. The first kappa shape index (κ1) is 15.3. The van der Waals surface area contributed by atoms with Crippen molar-refractivity contribution in [2.75, 3.05) is 7.05 Å². The molecule has 2 rings (SSSR count). The number of benzene rings is 1. The largest absolute Gasteiger partial charge is 0.313 e. The first-order chi connectivity index (χ1) is 9.35. The van der Waals surface area contributed by atoms with Crippen LogP contribution in [-0.2, 0) is 0 Å². The summed E-state index contributed by atoms with van der Waals surface area (Å²) in [6, 6.07) is 2.64. The lowest BCUT2D eigenvalue weighted by Gasteiger charge is -2.34. The van der Waals surface area contributed by atoms with Gasteiger partial charge in [0.1, 0.15) is 0 Å². The Morgan fingerprint density at radius 1 is 1.15 bits per heavy atom. The van der Waals surface area contributed by atoms with Crippen LogP contribution in [0.3, 0.4) is 0 Å². The van der Waals surface area contributed by atoms with E-state index in [9.17, 15) is 17.6 Å². The van der Waals surface area contributed by atoms with Gasteiger partial charge in [-0.1, -0.05) is 12.1 Å². The van der Waals surface area contributed by atoms with E-state index in [1.807, 2.05) is 0 Å². The molecule has 1 aliphatic carbocycles. The number of hydrogen-bond acceptors (Lipinski definition) is 1. The molecule has 0 saturated heterocycles. The molecule has 1 atom stereocenters. The summed E-state index contributed by atoms with van der Waals surface area (Å²) in [4.78, 5) is 0. The molecule has 0 aromatic heterocycles. The summed E-state index contributed by atoms with van der Waals surface area (Å²) < 4.78 is 54.1. The average molecular weight is 289 g/mol. The van der Waals surface area contributed by atoms with Crippen molar-refractivity contribution in [1.82, 2.24) is 5.32 Å². The van der Waals surface area contributed by atoms with Gasteiger partial charge in [-0.05, 0) is 38.3 Å². The quantitative estimate of drug-likeness (QED) is 0.815. The summed E-state index contributed by atoms with van der Waals surface area (Å²) in [7, 11) is 1.65. The van der Waals surface area contributed by atoms with E-state index in [1.165, 1.54) is 13.0 Å². The van der Waals surface area contributed by atoms with Gasteiger partial charge < -0.3 is 5.32 Å². The van der Waals surface area contributed by atoms with Crippen LogP contribution in [0.25, 0.3) is 0 Å². The average Bonchev–Trinajstić information content (AvgIpc) is 2.41. The van der Waals surface area contributed by atoms with E-state index in [0.717, 1.165) is 0 Å². The van der Waals surface area contributed by atoms with Gasteiger partial charge in [0.15, 0.2) is 11.6 Å². The Labute approximate surface area is 116 Å². The molecule has 1 unspecified atom stereocenters. The minimum Gasteiger partial charge on any atom is -0.313 e. The lowest BCUT2D eigenvalue weighted by Crippen LogP contribution is -2.33. The van der Waals surface area contributed by atoms with Crippen molar-refractivity contribution in [3.63, 3.8) is 0 Å². The van der Waals surface area contributed by atoms with E-state index in [-0.39, 0.29) is 29.9 Å². The van der Waals surface area contributed by atoms with Crippen LogP contribution in [-0.4, -0.2) is 13.0 Å². The first-order valence-electron chi connectivity index (χ1n) is 6.85. The zero-order chi connectivity index (χ0) is 14.9. The third kappa shape index (κ3) is 2.97. The Bertz CT molecular complexity index is 477. The number of hydrogen-bond donors (Lipinski definition) is 1. The fourth-order valence-electron chi connectivity index (χ4n) is 2.94. The molecule has 0 heterocycles. The van der Waals surface area contributed by atoms with Gasteiger partial charge in [-0.3, -0.25) is 0 Å². The predicted molar refractivity (Wildman–Crippen MR) is 69.8 cm³/mol. The summed E-state index contributed by atoms with van der Waals surface area (Å²) in [6.45, 7) is 1.50. The topological polar surface area (TPSA) is 12.0 Å². The van der Waals surface area contributed by atoms with Crippen LogP contribution in [0.1, 0.15) is 42.9 Å². The Morgan fingerprint density at radius 2 is 1.75 bits per heavy atom. The summed E-state index contributed by atoms with van der Waals surface area (Å²) in [6.07, 6.45) is 0.249. The van der Waals surface area contributed by atoms with Crippen LogP contribution in [0.15, 0.2) is 12.1 Å². The molecule has 1 aromatic carbocycles. The zero-order valence-corrected chi connectivity index (χ0v) is 11.6. The standard InChI is InChI=1S/C15H19F4N/c1-9-3-4-11(13(17)12(9)16)14(20-2)10-5-7-15(18,19)8-6-10/h3-4,10,14,20H,5-8H2,1-2H3. The maximum Gasteiger partial charge on any atom is 0.248 e. The molecular formula is C15H19F4N. The highest BCUT2D eigenvalue weighted by atomic mass is 19.3.